The number of hydrogen-bond acceptors (Lipinski definition) is 3. The van der Waals surface area contributed by atoms with Crippen molar-refractivity contribution in [3.8, 4) is 22.5 Å². The highest BCUT2D eigenvalue weighted by Crippen LogP contribution is 2.33. The lowest BCUT2D eigenvalue weighted by Gasteiger charge is -2.06. The highest BCUT2D eigenvalue weighted by Gasteiger charge is 2.34. The number of alkyl halides is 3. The molecule has 7 heteroatoms. The predicted molar refractivity (Wildman–Crippen MR) is 116 cm³/mol. The summed E-state index contributed by atoms with van der Waals surface area (Å²) in [5, 5.41) is 7.90. The second-order valence-electron chi connectivity index (χ2n) is 7.58. The van der Waals surface area contributed by atoms with Gasteiger partial charge in [0.15, 0.2) is 5.69 Å². The standard InChI is InChI=1S/C23H28F3N3S/c1-2-3-4-5-6-7-8-9-10-21-18(12-14-30-21)17-11-13-27-19(15-17)20-16-22(29-28-20)23(24,25)26/h11-16H,2-10H2,1H3,(H,28,29). The van der Waals surface area contributed by atoms with Gasteiger partial charge >= 0.3 is 6.18 Å². The minimum Gasteiger partial charge on any atom is -0.276 e. The minimum absolute atomic E-state index is 0.268. The Bertz CT molecular complexity index is 914. The molecule has 3 aromatic heterocycles. The zero-order valence-corrected chi connectivity index (χ0v) is 18.1. The number of halogens is 3. The molecule has 162 valence electrons. The number of rotatable bonds is 11. The number of aromatic nitrogens is 3. The monoisotopic (exact) mass is 435 g/mol. The van der Waals surface area contributed by atoms with Crippen LogP contribution in [0.1, 0.15) is 68.9 Å². The normalized spacial score (nSPS) is 11.9. The fraction of sp³-hybridized carbons (Fsp3) is 0.478. The molecule has 3 nitrogen and oxygen atoms in total. The summed E-state index contributed by atoms with van der Waals surface area (Å²) in [6.07, 6.45) is 8.48. The second kappa shape index (κ2) is 10.8. The molecule has 0 aliphatic heterocycles. The molecule has 3 heterocycles. The number of aromatic amines is 1. The van der Waals surface area contributed by atoms with Crippen molar-refractivity contribution in [2.45, 2.75) is 70.9 Å². The lowest BCUT2D eigenvalue weighted by atomic mass is 10.0. The van der Waals surface area contributed by atoms with Gasteiger partial charge in [-0.05, 0) is 53.6 Å². The largest absolute Gasteiger partial charge is 0.435 e. The summed E-state index contributed by atoms with van der Waals surface area (Å²) in [5.41, 5.74) is 1.90. The van der Waals surface area contributed by atoms with E-state index in [0.717, 1.165) is 30.0 Å². The lowest BCUT2D eigenvalue weighted by Crippen LogP contribution is -2.04. The van der Waals surface area contributed by atoms with Crippen LogP contribution in [-0.4, -0.2) is 15.2 Å². The molecular formula is C23H28F3N3S. The first-order valence-electron chi connectivity index (χ1n) is 10.6. The molecule has 0 unspecified atom stereocenters. The van der Waals surface area contributed by atoms with Crippen LogP contribution in [-0.2, 0) is 12.6 Å². The van der Waals surface area contributed by atoms with Crippen LogP contribution in [0.25, 0.3) is 22.5 Å². The summed E-state index contributed by atoms with van der Waals surface area (Å²) in [5.74, 6) is 0. The number of H-pyrrole nitrogens is 1. The average molecular weight is 436 g/mol. The molecule has 0 aromatic carbocycles. The number of hydrogen-bond donors (Lipinski definition) is 1. The molecule has 0 aliphatic carbocycles. The third kappa shape index (κ3) is 6.17. The Hall–Kier alpha value is -2.15. The van der Waals surface area contributed by atoms with Gasteiger partial charge in [0.1, 0.15) is 0 Å². The molecular weight excluding hydrogens is 407 g/mol. The molecule has 0 saturated heterocycles. The minimum atomic E-state index is -4.47. The molecule has 0 saturated carbocycles. The van der Waals surface area contributed by atoms with Gasteiger partial charge in [-0.3, -0.25) is 10.1 Å². The van der Waals surface area contributed by atoms with Crippen LogP contribution >= 0.6 is 11.3 Å². The molecule has 0 radical (unpaired) electrons. The number of pyridine rings is 1. The number of thiophene rings is 1. The second-order valence-corrected chi connectivity index (χ2v) is 8.58. The first-order chi connectivity index (χ1) is 14.5. The predicted octanol–water partition coefficient (Wildman–Crippen LogP) is 7.90. The molecule has 30 heavy (non-hydrogen) atoms. The van der Waals surface area contributed by atoms with Crippen molar-refractivity contribution in [2.24, 2.45) is 0 Å². The van der Waals surface area contributed by atoms with Crippen LogP contribution in [0.3, 0.4) is 0 Å². The fourth-order valence-electron chi connectivity index (χ4n) is 3.55. The van der Waals surface area contributed by atoms with Crippen molar-refractivity contribution in [2.75, 3.05) is 0 Å². The van der Waals surface area contributed by atoms with Crippen molar-refractivity contribution < 1.29 is 13.2 Å². The van der Waals surface area contributed by atoms with Crippen molar-refractivity contribution in [1.29, 1.82) is 0 Å². The van der Waals surface area contributed by atoms with Crippen LogP contribution in [0.2, 0.25) is 0 Å². The summed E-state index contributed by atoms with van der Waals surface area (Å²) >= 11 is 1.74. The van der Waals surface area contributed by atoms with E-state index in [4.69, 9.17) is 0 Å². The van der Waals surface area contributed by atoms with E-state index < -0.39 is 11.9 Å². The molecule has 3 aromatic rings. The summed E-state index contributed by atoms with van der Waals surface area (Å²) < 4.78 is 38.5. The number of unbranched alkanes of at least 4 members (excludes halogenated alkanes) is 7. The number of nitrogens with zero attached hydrogens (tertiary/aromatic N) is 2. The van der Waals surface area contributed by atoms with Crippen molar-refractivity contribution in [1.82, 2.24) is 15.2 Å². The molecule has 3 rings (SSSR count). The van der Waals surface area contributed by atoms with Crippen LogP contribution in [0.5, 0.6) is 0 Å². The zero-order chi connectivity index (χ0) is 21.4. The van der Waals surface area contributed by atoms with Gasteiger partial charge in [-0.1, -0.05) is 51.9 Å². The SMILES string of the molecule is CCCCCCCCCCc1sccc1-c1ccnc(-c2cc(C(F)(F)F)n[nH]2)c1. The van der Waals surface area contributed by atoms with Gasteiger partial charge in [0.2, 0.25) is 0 Å². The Morgan fingerprint density at radius 1 is 0.967 bits per heavy atom. The van der Waals surface area contributed by atoms with Crippen molar-refractivity contribution in [3.05, 3.63) is 46.4 Å². The maximum Gasteiger partial charge on any atom is 0.435 e. The third-order valence-corrected chi connectivity index (χ3v) is 6.20. The molecule has 0 aliphatic rings. The van der Waals surface area contributed by atoms with E-state index >= 15 is 0 Å². The van der Waals surface area contributed by atoms with E-state index in [9.17, 15) is 13.2 Å². The molecule has 1 N–H and O–H groups in total. The summed E-state index contributed by atoms with van der Waals surface area (Å²) in [4.78, 5) is 5.54. The highest BCUT2D eigenvalue weighted by molar-refractivity contribution is 7.10. The smallest absolute Gasteiger partial charge is 0.276 e. The van der Waals surface area contributed by atoms with Gasteiger partial charge in [0.25, 0.3) is 0 Å². The van der Waals surface area contributed by atoms with Gasteiger partial charge in [-0.2, -0.15) is 18.3 Å². The first-order valence-corrected chi connectivity index (χ1v) is 11.5. The van der Waals surface area contributed by atoms with E-state index in [1.165, 1.54) is 49.8 Å². The van der Waals surface area contributed by atoms with Crippen LogP contribution in [0.4, 0.5) is 13.2 Å². The van der Waals surface area contributed by atoms with Crippen LogP contribution in [0.15, 0.2) is 35.8 Å². The van der Waals surface area contributed by atoms with E-state index in [-0.39, 0.29) is 5.69 Å². The molecule has 0 bridgehead atoms. The zero-order valence-electron chi connectivity index (χ0n) is 17.3. The van der Waals surface area contributed by atoms with E-state index in [2.05, 4.69) is 33.6 Å². The summed E-state index contributed by atoms with van der Waals surface area (Å²) in [6.45, 7) is 2.24. The van der Waals surface area contributed by atoms with E-state index in [1.54, 1.807) is 17.5 Å². The van der Waals surface area contributed by atoms with Crippen LogP contribution in [0, 0.1) is 0 Å². The number of nitrogens with one attached hydrogen (secondary N) is 1. The average Bonchev–Trinajstić information content (AvgIpc) is 3.40. The van der Waals surface area contributed by atoms with Gasteiger partial charge in [-0.25, -0.2) is 0 Å². The van der Waals surface area contributed by atoms with Gasteiger partial charge in [0, 0.05) is 11.1 Å². The molecule has 0 amide bonds. The lowest BCUT2D eigenvalue weighted by molar-refractivity contribution is -0.141. The maximum atomic E-state index is 12.8. The Morgan fingerprint density at radius 3 is 2.40 bits per heavy atom. The third-order valence-electron chi connectivity index (χ3n) is 5.22. The van der Waals surface area contributed by atoms with E-state index in [0.29, 0.717) is 5.69 Å². The topological polar surface area (TPSA) is 41.6 Å². The van der Waals surface area contributed by atoms with Crippen molar-refractivity contribution >= 4 is 11.3 Å². The maximum absolute atomic E-state index is 12.8. The van der Waals surface area contributed by atoms with Gasteiger partial charge in [0.05, 0.1) is 11.4 Å². The quantitative estimate of drug-likeness (QED) is 0.311. The van der Waals surface area contributed by atoms with Crippen molar-refractivity contribution in [3.63, 3.8) is 0 Å². The fourth-order valence-corrected chi connectivity index (χ4v) is 4.50. The Labute approximate surface area is 179 Å². The Balaban J connectivity index is 1.60. The highest BCUT2D eigenvalue weighted by atomic mass is 32.1. The summed E-state index contributed by atoms with van der Waals surface area (Å²) in [6, 6.07) is 6.82. The van der Waals surface area contributed by atoms with Crippen LogP contribution < -0.4 is 0 Å². The van der Waals surface area contributed by atoms with Gasteiger partial charge < -0.3 is 0 Å². The molecule has 0 fully saturated rings. The Morgan fingerprint density at radius 2 is 1.70 bits per heavy atom. The molecule has 0 spiro atoms. The number of aryl methyl sites for hydroxylation is 1. The van der Waals surface area contributed by atoms with E-state index in [1.807, 2.05) is 12.1 Å². The summed E-state index contributed by atoms with van der Waals surface area (Å²) in [7, 11) is 0. The Kier molecular flexibility index (Phi) is 8.08. The molecule has 0 atom stereocenters. The first kappa shape index (κ1) is 22.5. The van der Waals surface area contributed by atoms with Gasteiger partial charge in [-0.15, -0.1) is 11.3 Å².